The van der Waals surface area contributed by atoms with Gasteiger partial charge in [-0.15, -0.1) is 0 Å². The van der Waals surface area contributed by atoms with Crippen molar-refractivity contribution in [3.8, 4) is 0 Å². The van der Waals surface area contributed by atoms with Crippen molar-refractivity contribution in [1.82, 2.24) is 9.97 Å². The van der Waals surface area contributed by atoms with Crippen LogP contribution in [0, 0.1) is 0 Å². The number of nitrogens with two attached hydrogens (primary N) is 1. The maximum absolute atomic E-state index is 5.77. The summed E-state index contributed by atoms with van der Waals surface area (Å²) in [7, 11) is 0. The average molecular weight is 232 g/mol. The van der Waals surface area contributed by atoms with Gasteiger partial charge in [0.25, 0.3) is 0 Å². The molecule has 4 heteroatoms. The molecule has 0 aliphatic heterocycles. The fourth-order valence-corrected chi connectivity index (χ4v) is 2.00. The molecule has 1 aromatic heterocycles. The summed E-state index contributed by atoms with van der Waals surface area (Å²) in [5, 5.41) is 0. The molecule has 0 unspecified atom stereocenters. The van der Waals surface area contributed by atoms with Crippen molar-refractivity contribution in [2.75, 3.05) is 17.2 Å². The fourth-order valence-electron chi connectivity index (χ4n) is 2.00. The highest BCUT2D eigenvalue weighted by atomic mass is 15.3. The number of benzene rings is 1. The highest BCUT2D eigenvalue weighted by Crippen LogP contribution is 2.21. The van der Waals surface area contributed by atoms with Gasteiger partial charge in [-0.1, -0.05) is 6.92 Å². The van der Waals surface area contributed by atoms with Gasteiger partial charge < -0.3 is 15.6 Å². The number of fused-ring (bicyclic) bond motifs is 1. The zero-order valence-electron chi connectivity index (χ0n) is 10.7. The van der Waals surface area contributed by atoms with Gasteiger partial charge in [-0.2, -0.15) is 0 Å². The van der Waals surface area contributed by atoms with Gasteiger partial charge in [-0.3, -0.25) is 0 Å². The van der Waals surface area contributed by atoms with Crippen molar-refractivity contribution < 1.29 is 0 Å². The molecule has 92 valence electrons. The molecule has 0 radical (unpaired) electrons. The van der Waals surface area contributed by atoms with Crippen LogP contribution in [-0.4, -0.2) is 22.6 Å². The number of anilines is 2. The summed E-state index contributed by atoms with van der Waals surface area (Å²) < 4.78 is 0. The van der Waals surface area contributed by atoms with Crippen LogP contribution in [0.25, 0.3) is 11.0 Å². The lowest BCUT2D eigenvalue weighted by Crippen LogP contribution is -2.32. The summed E-state index contributed by atoms with van der Waals surface area (Å²) in [6, 6.07) is 6.20. The van der Waals surface area contributed by atoms with Crippen LogP contribution in [0.1, 0.15) is 27.2 Å². The number of hydrogen-bond acceptors (Lipinski definition) is 3. The molecular formula is C13H20N4. The van der Waals surface area contributed by atoms with E-state index in [0.717, 1.165) is 35.6 Å². The first-order valence-corrected chi connectivity index (χ1v) is 6.13. The first kappa shape index (κ1) is 11.8. The molecule has 0 aliphatic rings. The third kappa shape index (κ3) is 2.35. The van der Waals surface area contributed by atoms with Crippen molar-refractivity contribution in [3.63, 3.8) is 0 Å². The summed E-state index contributed by atoms with van der Waals surface area (Å²) >= 11 is 0. The first-order chi connectivity index (χ1) is 8.11. The van der Waals surface area contributed by atoms with E-state index in [2.05, 4.69) is 35.6 Å². The molecule has 4 nitrogen and oxygen atoms in total. The second kappa shape index (κ2) is 4.65. The lowest BCUT2D eigenvalue weighted by molar-refractivity contribution is 0.656. The summed E-state index contributed by atoms with van der Waals surface area (Å²) in [5.74, 6) is 0.933. The summed E-state index contributed by atoms with van der Waals surface area (Å²) in [5.41, 5.74) is 8.50. The van der Waals surface area contributed by atoms with E-state index in [0.29, 0.717) is 6.04 Å². The molecule has 0 saturated carbocycles. The number of nitrogens with zero attached hydrogens (tertiary/aromatic N) is 2. The van der Waals surface area contributed by atoms with Crippen LogP contribution in [0.2, 0.25) is 0 Å². The van der Waals surface area contributed by atoms with Crippen LogP contribution in [0.4, 0.5) is 11.6 Å². The second-order valence-corrected chi connectivity index (χ2v) is 4.62. The second-order valence-electron chi connectivity index (χ2n) is 4.62. The number of H-pyrrole nitrogens is 1. The van der Waals surface area contributed by atoms with Crippen molar-refractivity contribution in [2.45, 2.75) is 33.2 Å². The van der Waals surface area contributed by atoms with Gasteiger partial charge >= 0.3 is 0 Å². The first-order valence-electron chi connectivity index (χ1n) is 6.13. The molecule has 0 bridgehead atoms. The Kier molecular flexibility index (Phi) is 3.22. The van der Waals surface area contributed by atoms with E-state index in [9.17, 15) is 0 Å². The number of nitrogens with one attached hydrogen (secondary N) is 1. The maximum Gasteiger partial charge on any atom is 0.204 e. The molecule has 17 heavy (non-hydrogen) atoms. The maximum atomic E-state index is 5.77. The van der Waals surface area contributed by atoms with E-state index in [4.69, 9.17) is 5.73 Å². The minimum Gasteiger partial charge on any atom is -0.399 e. The van der Waals surface area contributed by atoms with Gasteiger partial charge in [0.1, 0.15) is 0 Å². The topological polar surface area (TPSA) is 57.9 Å². The Morgan fingerprint density at radius 3 is 2.82 bits per heavy atom. The number of imidazole rings is 1. The Balaban J connectivity index is 2.40. The van der Waals surface area contributed by atoms with Crippen LogP contribution in [0.5, 0.6) is 0 Å². The van der Waals surface area contributed by atoms with Crippen LogP contribution >= 0.6 is 0 Å². The Morgan fingerprint density at radius 1 is 1.41 bits per heavy atom. The summed E-state index contributed by atoms with van der Waals surface area (Å²) in [6.45, 7) is 7.54. The van der Waals surface area contributed by atoms with E-state index in [1.807, 2.05) is 18.2 Å². The van der Waals surface area contributed by atoms with Crippen LogP contribution in [0.3, 0.4) is 0 Å². The SMILES string of the molecule is CCCN(c1nc2ccc(N)cc2[nH]1)C(C)C. The average Bonchev–Trinajstić information content (AvgIpc) is 2.67. The van der Waals surface area contributed by atoms with E-state index in [1.54, 1.807) is 0 Å². The largest absolute Gasteiger partial charge is 0.399 e. The molecule has 0 aliphatic carbocycles. The normalized spacial score (nSPS) is 11.3. The monoisotopic (exact) mass is 232 g/mol. The Bertz CT molecular complexity index is 501. The van der Waals surface area contributed by atoms with Gasteiger partial charge in [-0.25, -0.2) is 4.98 Å². The number of hydrogen-bond donors (Lipinski definition) is 2. The summed E-state index contributed by atoms with van der Waals surface area (Å²) in [4.78, 5) is 10.2. The van der Waals surface area contributed by atoms with Gasteiger partial charge in [-0.05, 0) is 38.5 Å². The Hall–Kier alpha value is -1.71. The lowest BCUT2D eigenvalue weighted by atomic mass is 10.3. The molecule has 1 heterocycles. The van der Waals surface area contributed by atoms with Crippen LogP contribution < -0.4 is 10.6 Å². The van der Waals surface area contributed by atoms with Gasteiger partial charge in [0.05, 0.1) is 11.0 Å². The molecule has 1 aromatic carbocycles. The molecule has 2 rings (SSSR count). The predicted molar refractivity (Wildman–Crippen MR) is 73.3 cm³/mol. The Labute approximate surface area is 102 Å². The predicted octanol–water partition coefficient (Wildman–Crippen LogP) is 2.77. The van der Waals surface area contributed by atoms with Crippen molar-refractivity contribution >= 4 is 22.7 Å². The lowest BCUT2D eigenvalue weighted by Gasteiger charge is -2.25. The molecule has 3 N–H and O–H groups in total. The standard InChI is InChI=1S/C13H20N4/c1-4-7-17(9(2)3)13-15-11-6-5-10(14)8-12(11)16-13/h5-6,8-9H,4,7,14H2,1-3H3,(H,15,16). The minimum atomic E-state index is 0.438. The van der Waals surface area contributed by atoms with Crippen LogP contribution in [-0.2, 0) is 0 Å². The number of rotatable bonds is 4. The quantitative estimate of drug-likeness (QED) is 0.797. The van der Waals surface area contributed by atoms with Crippen molar-refractivity contribution in [3.05, 3.63) is 18.2 Å². The van der Waals surface area contributed by atoms with E-state index in [-0.39, 0.29) is 0 Å². The molecule has 2 aromatic rings. The zero-order valence-corrected chi connectivity index (χ0v) is 10.7. The smallest absolute Gasteiger partial charge is 0.204 e. The molecule has 0 spiro atoms. The molecule has 0 saturated heterocycles. The van der Waals surface area contributed by atoms with Crippen LogP contribution in [0.15, 0.2) is 18.2 Å². The number of aromatic nitrogens is 2. The third-order valence-corrected chi connectivity index (χ3v) is 2.85. The van der Waals surface area contributed by atoms with E-state index in [1.165, 1.54) is 0 Å². The van der Waals surface area contributed by atoms with E-state index < -0.39 is 0 Å². The minimum absolute atomic E-state index is 0.438. The van der Waals surface area contributed by atoms with Gasteiger partial charge in [0.15, 0.2) is 0 Å². The van der Waals surface area contributed by atoms with Crippen molar-refractivity contribution in [1.29, 1.82) is 0 Å². The molecular weight excluding hydrogens is 212 g/mol. The molecule has 0 amide bonds. The fraction of sp³-hybridized carbons (Fsp3) is 0.462. The molecule has 0 fully saturated rings. The summed E-state index contributed by atoms with van der Waals surface area (Å²) in [6.07, 6.45) is 1.11. The number of aromatic amines is 1. The third-order valence-electron chi connectivity index (χ3n) is 2.85. The zero-order chi connectivity index (χ0) is 12.4. The van der Waals surface area contributed by atoms with Gasteiger partial charge in [0.2, 0.25) is 5.95 Å². The highest BCUT2D eigenvalue weighted by molar-refractivity contribution is 5.80. The van der Waals surface area contributed by atoms with E-state index >= 15 is 0 Å². The molecule has 0 atom stereocenters. The van der Waals surface area contributed by atoms with Gasteiger partial charge in [0, 0.05) is 18.3 Å². The highest BCUT2D eigenvalue weighted by Gasteiger charge is 2.13. The number of nitrogen functional groups attached to an aromatic ring is 1. The Morgan fingerprint density at radius 2 is 2.18 bits per heavy atom. The van der Waals surface area contributed by atoms with Crippen molar-refractivity contribution in [2.24, 2.45) is 0 Å².